The Bertz CT molecular complexity index is 804. The average molecular weight is 391 g/mol. The molecule has 5 nitrogen and oxygen atoms in total. The van der Waals surface area contributed by atoms with Crippen LogP contribution in [-0.2, 0) is 11.2 Å². The highest BCUT2D eigenvalue weighted by Gasteiger charge is 2.21. The Labute approximate surface area is 175 Å². The zero-order valence-electron chi connectivity index (χ0n) is 17.6. The van der Waals surface area contributed by atoms with Crippen molar-refractivity contribution in [2.24, 2.45) is 0 Å². The molecule has 1 aliphatic rings. The first-order chi connectivity index (χ1) is 14.1. The number of carbonyl (C=O) groups excluding carboxylic acids is 1. The van der Waals surface area contributed by atoms with Gasteiger partial charge in [0, 0.05) is 43.5 Å². The van der Waals surface area contributed by atoms with Crippen LogP contribution in [0, 0.1) is 0 Å². The smallest absolute Gasteiger partial charge is 0.214 e. The van der Waals surface area contributed by atoms with E-state index in [0.29, 0.717) is 5.75 Å². The Morgan fingerprint density at radius 1 is 1.21 bits per heavy atom. The molecule has 29 heavy (non-hydrogen) atoms. The van der Waals surface area contributed by atoms with Crippen molar-refractivity contribution >= 4 is 27.3 Å². The third kappa shape index (κ3) is 5.78. The van der Waals surface area contributed by atoms with E-state index in [1.165, 1.54) is 17.7 Å². The minimum Gasteiger partial charge on any atom is -0.508 e. The first kappa shape index (κ1) is 21.3. The molecule has 2 unspecified atom stereocenters. The summed E-state index contributed by atoms with van der Waals surface area (Å²) in [5.74, 6) is 0.581. The van der Waals surface area contributed by atoms with Crippen LogP contribution in [0.1, 0.15) is 42.6 Å². The maximum absolute atomic E-state index is 12.4. The van der Waals surface area contributed by atoms with Crippen molar-refractivity contribution < 1.29 is 9.90 Å². The average Bonchev–Trinajstić information content (AvgIpc) is 3.14. The summed E-state index contributed by atoms with van der Waals surface area (Å²) in [7, 11) is 4.07. The van der Waals surface area contributed by atoms with Gasteiger partial charge < -0.3 is 15.3 Å². The van der Waals surface area contributed by atoms with E-state index in [4.69, 9.17) is 0 Å². The lowest BCUT2D eigenvalue weighted by Gasteiger charge is -2.20. The summed E-state index contributed by atoms with van der Waals surface area (Å²) in [6.45, 7) is 2.85. The molecule has 2 aromatic rings. The van der Waals surface area contributed by atoms with Gasteiger partial charge in [0.15, 0.2) is 0 Å². The van der Waals surface area contributed by atoms with Crippen LogP contribution in [0.15, 0.2) is 42.7 Å². The number of hydrogen-bond acceptors (Lipinski definition) is 4. The fourth-order valence-electron chi connectivity index (χ4n) is 4.00. The SMILES string of the molecule is BC(C(=O)NCCCCCCN1CCc2cc(O)ccc21)C(B)c1cccnc1. The van der Waals surface area contributed by atoms with E-state index in [1.807, 2.05) is 38.3 Å². The number of phenolic OH excluding ortho intramolecular Hbond substituents is 1. The van der Waals surface area contributed by atoms with Gasteiger partial charge in [-0.25, -0.2) is 0 Å². The standard InChI is InChI=1S/C22H31B2N3O2/c23-20(17-6-5-10-25-15-17)21(24)22(29)26-11-3-1-2-4-12-27-13-9-16-14-18(28)7-8-19(16)27/h5-8,10,14-15,20-21,28H,1-4,9,11-13,23-24H2,(H,26,29). The van der Waals surface area contributed by atoms with Gasteiger partial charge in [0.25, 0.3) is 0 Å². The third-order valence-corrected chi connectivity index (χ3v) is 6.08. The highest BCUT2D eigenvalue weighted by molar-refractivity contribution is 6.30. The van der Waals surface area contributed by atoms with Crippen molar-refractivity contribution in [1.82, 2.24) is 10.3 Å². The van der Waals surface area contributed by atoms with Crippen molar-refractivity contribution in [2.75, 3.05) is 24.5 Å². The Morgan fingerprint density at radius 3 is 2.83 bits per heavy atom. The van der Waals surface area contributed by atoms with E-state index in [-0.39, 0.29) is 17.5 Å². The number of pyridine rings is 1. The molecule has 2 atom stereocenters. The number of fused-ring (bicyclic) bond motifs is 1. The van der Waals surface area contributed by atoms with Crippen LogP contribution in [0.5, 0.6) is 5.75 Å². The molecule has 2 N–H and O–H groups in total. The molecular formula is C22H31B2N3O2. The predicted molar refractivity (Wildman–Crippen MR) is 123 cm³/mol. The lowest BCUT2D eigenvalue weighted by Crippen LogP contribution is -2.31. The molecule has 0 fully saturated rings. The number of anilines is 1. The van der Waals surface area contributed by atoms with Crippen LogP contribution in [0.3, 0.4) is 0 Å². The summed E-state index contributed by atoms with van der Waals surface area (Å²) >= 11 is 0. The number of nitrogens with zero attached hydrogens (tertiary/aromatic N) is 2. The van der Waals surface area contributed by atoms with Crippen LogP contribution in [0.4, 0.5) is 5.69 Å². The maximum Gasteiger partial charge on any atom is 0.214 e. The van der Waals surface area contributed by atoms with Gasteiger partial charge >= 0.3 is 0 Å². The molecule has 2 heterocycles. The second-order valence-electron chi connectivity index (χ2n) is 8.12. The topological polar surface area (TPSA) is 65.5 Å². The summed E-state index contributed by atoms with van der Waals surface area (Å²) in [6, 6.07) is 9.63. The fourth-order valence-corrected chi connectivity index (χ4v) is 4.00. The number of rotatable bonds is 10. The Kier molecular flexibility index (Phi) is 7.61. The number of unbranched alkanes of at least 4 members (excludes halogenated alkanes) is 3. The lowest BCUT2D eigenvalue weighted by molar-refractivity contribution is -0.121. The zero-order valence-corrected chi connectivity index (χ0v) is 17.6. The van der Waals surface area contributed by atoms with Gasteiger partial charge in [-0.2, -0.15) is 0 Å². The van der Waals surface area contributed by atoms with Gasteiger partial charge in [-0.1, -0.05) is 18.9 Å². The molecule has 152 valence electrons. The summed E-state index contributed by atoms with van der Waals surface area (Å²) < 4.78 is 0. The van der Waals surface area contributed by atoms with Gasteiger partial charge in [0.05, 0.1) is 0 Å². The number of hydrogen-bond donors (Lipinski definition) is 2. The fraction of sp³-hybridized carbons (Fsp3) is 0.455. The molecule has 1 aromatic heterocycles. The van der Waals surface area contributed by atoms with Crippen LogP contribution >= 0.6 is 0 Å². The molecule has 1 aromatic carbocycles. The van der Waals surface area contributed by atoms with Crippen molar-refractivity contribution in [3.63, 3.8) is 0 Å². The van der Waals surface area contributed by atoms with Crippen molar-refractivity contribution in [3.05, 3.63) is 53.9 Å². The number of phenols is 1. The minimum atomic E-state index is -0.0612. The van der Waals surface area contributed by atoms with Crippen molar-refractivity contribution in [3.8, 4) is 5.75 Å². The van der Waals surface area contributed by atoms with E-state index in [0.717, 1.165) is 50.9 Å². The maximum atomic E-state index is 12.4. The Hall–Kier alpha value is -2.43. The molecule has 3 rings (SSSR count). The normalized spacial score (nSPS) is 15.0. The van der Waals surface area contributed by atoms with Gasteiger partial charge in [-0.3, -0.25) is 9.78 Å². The second-order valence-corrected chi connectivity index (χ2v) is 8.12. The number of aromatic nitrogens is 1. The lowest BCUT2D eigenvalue weighted by atomic mass is 9.63. The molecule has 1 amide bonds. The van der Waals surface area contributed by atoms with Crippen LogP contribution < -0.4 is 10.2 Å². The number of aromatic hydroxyl groups is 1. The monoisotopic (exact) mass is 391 g/mol. The first-order valence-corrected chi connectivity index (χ1v) is 10.8. The molecule has 0 radical (unpaired) electrons. The number of nitrogens with one attached hydrogen (secondary N) is 1. The van der Waals surface area contributed by atoms with Crippen LogP contribution in [-0.4, -0.2) is 51.3 Å². The molecule has 0 saturated heterocycles. The number of carbonyl (C=O) groups is 1. The highest BCUT2D eigenvalue weighted by Crippen LogP contribution is 2.31. The highest BCUT2D eigenvalue weighted by atomic mass is 16.3. The van der Waals surface area contributed by atoms with Crippen LogP contribution in [0.2, 0.25) is 5.82 Å². The molecule has 0 aliphatic carbocycles. The van der Waals surface area contributed by atoms with E-state index < -0.39 is 0 Å². The van der Waals surface area contributed by atoms with Gasteiger partial charge in [0.2, 0.25) is 5.91 Å². The molecule has 0 bridgehead atoms. The van der Waals surface area contributed by atoms with Crippen LogP contribution in [0.25, 0.3) is 0 Å². The number of amides is 1. The zero-order chi connectivity index (χ0) is 20.6. The first-order valence-electron chi connectivity index (χ1n) is 10.8. The largest absolute Gasteiger partial charge is 0.508 e. The number of benzene rings is 1. The van der Waals surface area contributed by atoms with E-state index in [1.54, 1.807) is 12.3 Å². The molecule has 0 saturated carbocycles. The molecule has 7 heteroatoms. The second kappa shape index (κ2) is 10.4. The third-order valence-electron chi connectivity index (χ3n) is 6.08. The van der Waals surface area contributed by atoms with E-state index in [2.05, 4.69) is 23.0 Å². The Balaban J connectivity index is 1.28. The summed E-state index contributed by atoms with van der Waals surface area (Å²) in [6.07, 6.45) is 9.09. The quantitative estimate of drug-likeness (QED) is 0.478. The van der Waals surface area contributed by atoms with Crippen molar-refractivity contribution in [1.29, 1.82) is 0 Å². The molecule has 1 aliphatic heterocycles. The van der Waals surface area contributed by atoms with Gasteiger partial charge in [-0.05, 0) is 60.5 Å². The molecular weight excluding hydrogens is 360 g/mol. The summed E-state index contributed by atoms with van der Waals surface area (Å²) in [5.41, 5.74) is 3.63. The van der Waals surface area contributed by atoms with E-state index >= 15 is 0 Å². The summed E-state index contributed by atoms with van der Waals surface area (Å²) in [4.78, 5) is 19.0. The predicted octanol–water partition coefficient (Wildman–Crippen LogP) is 1.62. The molecule has 0 spiro atoms. The van der Waals surface area contributed by atoms with Gasteiger partial charge in [0.1, 0.15) is 21.4 Å². The van der Waals surface area contributed by atoms with Crippen molar-refractivity contribution in [2.45, 2.75) is 43.7 Å². The van der Waals surface area contributed by atoms with E-state index in [9.17, 15) is 9.90 Å². The summed E-state index contributed by atoms with van der Waals surface area (Å²) in [5, 5.41) is 12.7. The minimum absolute atomic E-state index is 0.0612. The Morgan fingerprint density at radius 2 is 2.03 bits per heavy atom. The van der Waals surface area contributed by atoms with Gasteiger partial charge in [-0.15, -0.1) is 0 Å².